The molecule has 0 bridgehead atoms. The van der Waals surface area contributed by atoms with Gasteiger partial charge >= 0.3 is 0 Å². The predicted molar refractivity (Wildman–Crippen MR) is 63.4 cm³/mol. The van der Waals surface area contributed by atoms with E-state index in [2.05, 4.69) is 0 Å². The van der Waals surface area contributed by atoms with Crippen molar-refractivity contribution in [3.05, 3.63) is 59.7 Å². The van der Waals surface area contributed by atoms with E-state index in [1.54, 1.807) is 0 Å². The Bertz CT molecular complexity index is 497. The Morgan fingerprint density at radius 3 is 2.41 bits per heavy atom. The van der Waals surface area contributed by atoms with Gasteiger partial charge in [-0.15, -0.1) is 0 Å². The van der Waals surface area contributed by atoms with Gasteiger partial charge < -0.3 is 4.74 Å². The van der Waals surface area contributed by atoms with Crippen LogP contribution in [-0.4, -0.2) is 18.7 Å². The summed E-state index contributed by atoms with van der Waals surface area (Å²) in [6.07, 6.45) is 3.40. The maximum Gasteiger partial charge on any atom is 0.185 e. The van der Waals surface area contributed by atoms with Gasteiger partial charge in [0.2, 0.25) is 0 Å². The molecule has 0 amide bonds. The molecule has 1 unspecified atom stereocenters. The molecular formula is C14H12O3. The molecule has 0 saturated carbocycles. The molecule has 0 heterocycles. The van der Waals surface area contributed by atoms with Crippen molar-refractivity contribution in [1.82, 2.24) is 0 Å². The first-order valence-corrected chi connectivity index (χ1v) is 5.28. The molecule has 3 nitrogen and oxygen atoms in total. The molecule has 0 N–H and O–H groups in total. The summed E-state index contributed by atoms with van der Waals surface area (Å²) in [7, 11) is 1.52. The van der Waals surface area contributed by atoms with Crippen LogP contribution < -0.4 is 0 Å². The second-order valence-electron chi connectivity index (χ2n) is 3.73. The van der Waals surface area contributed by atoms with Crippen LogP contribution in [0.25, 0.3) is 0 Å². The number of carbonyl (C=O) groups excluding carboxylic acids is 2. The number of hydrogen-bond acceptors (Lipinski definition) is 3. The summed E-state index contributed by atoms with van der Waals surface area (Å²) in [5.74, 6) is -0.363. The minimum Gasteiger partial charge on any atom is -0.372 e. The molecular weight excluding hydrogens is 216 g/mol. The maximum atomic E-state index is 11.7. The summed E-state index contributed by atoms with van der Waals surface area (Å²) in [6, 6.07) is 9.36. The van der Waals surface area contributed by atoms with Crippen LogP contribution >= 0.6 is 0 Å². The standard InChI is InChI=1S/C14H12O3/c1-17-14(10-5-3-2-4-6-10)12-9-11(15)7-8-13(12)16/h2-9,14H,1H3. The zero-order chi connectivity index (χ0) is 12.3. The van der Waals surface area contributed by atoms with Gasteiger partial charge in [-0.3, -0.25) is 9.59 Å². The van der Waals surface area contributed by atoms with Gasteiger partial charge in [0.25, 0.3) is 0 Å². The van der Waals surface area contributed by atoms with Gasteiger partial charge in [0.15, 0.2) is 11.6 Å². The Morgan fingerprint density at radius 2 is 1.76 bits per heavy atom. The van der Waals surface area contributed by atoms with E-state index in [1.165, 1.54) is 25.3 Å². The van der Waals surface area contributed by atoms with Crippen LogP contribution in [-0.2, 0) is 14.3 Å². The van der Waals surface area contributed by atoms with Gasteiger partial charge in [0, 0.05) is 12.7 Å². The number of carbonyl (C=O) groups is 2. The van der Waals surface area contributed by atoms with Crippen molar-refractivity contribution in [3.63, 3.8) is 0 Å². The Kier molecular flexibility index (Phi) is 3.30. The van der Waals surface area contributed by atoms with Crippen molar-refractivity contribution in [3.8, 4) is 0 Å². The molecule has 1 aliphatic rings. The number of benzene rings is 1. The molecule has 1 aromatic carbocycles. The lowest BCUT2D eigenvalue weighted by Crippen LogP contribution is -2.16. The van der Waals surface area contributed by atoms with Crippen molar-refractivity contribution < 1.29 is 14.3 Å². The van der Waals surface area contributed by atoms with E-state index in [0.717, 1.165) is 5.56 Å². The van der Waals surface area contributed by atoms with Crippen molar-refractivity contribution in [2.45, 2.75) is 6.10 Å². The summed E-state index contributed by atoms with van der Waals surface area (Å²) in [5, 5.41) is 0. The summed E-state index contributed by atoms with van der Waals surface area (Å²) >= 11 is 0. The molecule has 3 heteroatoms. The van der Waals surface area contributed by atoms with E-state index in [-0.39, 0.29) is 11.6 Å². The van der Waals surface area contributed by atoms with Crippen molar-refractivity contribution in [2.75, 3.05) is 7.11 Å². The van der Waals surface area contributed by atoms with Gasteiger partial charge in [0.05, 0.1) is 0 Å². The second kappa shape index (κ2) is 4.89. The lowest BCUT2D eigenvalue weighted by Gasteiger charge is -2.18. The van der Waals surface area contributed by atoms with Crippen LogP contribution in [0.15, 0.2) is 54.1 Å². The average Bonchev–Trinajstić information content (AvgIpc) is 2.36. The molecule has 0 aromatic heterocycles. The molecule has 1 aliphatic carbocycles. The van der Waals surface area contributed by atoms with Gasteiger partial charge in [0.1, 0.15) is 6.10 Å². The third-order valence-electron chi connectivity index (χ3n) is 2.60. The van der Waals surface area contributed by atoms with Crippen molar-refractivity contribution in [2.24, 2.45) is 0 Å². The van der Waals surface area contributed by atoms with Crippen LogP contribution in [0, 0.1) is 0 Å². The Hall–Kier alpha value is -2.00. The Balaban J connectivity index is 2.37. The third kappa shape index (κ3) is 2.40. The highest BCUT2D eigenvalue weighted by Crippen LogP contribution is 2.27. The van der Waals surface area contributed by atoms with Crippen LogP contribution in [0.3, 0.4) is 0 Å². The highest BCUT2D eigenvalue weighted by atomic mass is 16.5. The first-order valence-electron chi connectivity index (χ1n) is 5.28. The topological polar surface area (TPSA) is 43.4 Å². The van der Waals surface area contributed by atoms with E-state index in [1.807, 2.05) is 30.3 Å². The van der Waals surface area contributed by atoms with Gasteiger partial charge in [-0.05, 0) is 23.8 Å². The zero-order valence-corrected chi connectivity index (χ0v) is 9.42. The Morgan fingerprint density at radius 1 is 1.06 bits per heavy atom. The summed E-state index contributed by atoms with van der Waals surface area (Å²) in [6.45, 7) is 0. The lowest BCUT2D eigenvalue weighted by molar-refractivity contribution is -0.115. The average molecular weight is 228 g/mol. The third-order valence-corrected chi connectivity index (χ3v) is 2.60. The van der Waals surface area contributed by atoms with E-state index in [9.17, 15) is 9.59 Å². The highest BCUT2D eigenvalue weighted by Gasteiger charge is 2.23. The summed E-state index contributed by atoms with van der Waals surface area (Å²) in [5.41, 5.74) is 1.24. The predicted octanol–water partition coefficient (Wildman–Crippen LogP) is 2.01. The normalized spacial score (nSPS) is 16.9. The van der Waals surface area contributed by atoms with Crippen LogP contribution in [0.1, 0.15) is 11.7 Å². The number of ketones is 2. The van der Waals surface area contributed by atoms with Crippen LogP contribution in [0.5, 0.6) is 0 Å². The van der Waals surface area contributed by atoms with E-state index >= 15 is 0 Å². The van der Waals surface area contributed by atoms with E-state index in [0.29, 0.717) is 5.57 Å². The fourth-order valence-corrected chi connectivity index (χ4v) is 1.80. The molecule has 2 rings (SSSR count). The molecule has 0 aliphatic heterocycles. The molecule has 86 valence electrons. The fourth-order valence-electron chi connectivity index (χ4n) is 1.80. The van der Waals surface area contributed by atoms with Crippen molar-refractivity contribution in [1.29, 1.82) is 0 Å². The summed E-state index contributed by atoms with van der Waals surface area (Å²) < 4.78 is 5.32. The fraction of sp³-hybridized carbons (Fsp3) is 0.143. The largest absolute Gasteiger partial charge is 0.372 e. The van der Waals surface area contributed by atoms with E-state index < -0.39 is 6.10 Å². The molecule has 17 heavy (non-hydrogen) atoms. The lowest BCUT2D eigenvalue weighted by atomic mass is 9.94. The second-order valence-corrected chi connectivity index (χ2v) is 3.73. The first kappa shape index (κ1) is 11.5. The number of methoxy groups -OCH3 is 1. The van der Waals surface area contributed by atoms with Gasteiger partial charge in [-0.25, -0.2) is 0 Å². The smallest absolute Gasteiger partial charge is 0.185 e. The molecule has 0 saturated heterocycles. The monoisotopic (exact) mass is 228 g/mol. The SMILES string of the molecule is COC(C1=CC(=O)C=CC1=O)c1ccccc1. The summed E-state index contributed by atoms with van der Waals surface area (Å²) in [4.78, 5) is 23.0. The first-order chi connectivity index (χ1) is 8.22. The number of hydrogen-bond donors (Lipinski definition) is 0. The minimum atomic E-state index is -0.488. The highest BCUT2D eigenvalue weighted by molar-refractivity contribution is 6.17. The van der Waals surface area contributed by atoms with E-state index in [4.69, 9.17) is 4.74 Å². The molecule has 1 atom stereocenters. The molecule has 0 spiro atoms. The number of ether oxygens (including phenoxy) is 1. The zero-order valence-electron chi connectivity index (χ0n) is 9.42. The van der Waals surface area contributed by atoms with Crippen LogP contribution in [0.2, 0.25) is 0 Å². The molecule has 0 fully saturated rings. The molecule has 0 radical (unpaired) electrons. The Labute approximate surface area is 99.4 Å². The molecule has 1 aromatic rings. The number of rotatable bonds is 3. The minimum absolute atomic E-state index is 0.180. The van der Waals surface area contributed by atoms with Crippen molar-refractivity contribution >= 4 is 11.6 Å². The number of allylic oxidation sites excluding steroid dienone is 3. The van der Waals surface area contributed by atoms with Crippen LogP contribution in [0.4, 0.5) is 0 Å². The van der Waals surface area contributed by atoms with Gasteiger partial charge in [-0.2, -0.15) is 0 Å². The van der Waals surface area contributed by atoms with Gasteiger partial charge in [-0.1, -0.05) is 30.3 Å². The quantitative estimate of drug-likeness (QED) is 0.743. The maximum absolute atomic E-state index is 11.7.